The maximum absolute atomic E-state index is 13.1. The molecule has 17 heteroatoms. The molecule has 4 aromatic rings. The van der Waals surface area contributed by atoms with Gasteiger partial charge in [-0.3, -0.25) is 33.6 Å². The van der Waals surface area contributed by atoms with Gasteiger partial charge in [-0.05, 0) is 72.8 Å². The van der Waals surface area contributed by atoms with E-state index in [9.17, 15) is 53.2 Å². The lowest BCUT2D eigenvalue weighted by Gasteiger charge is -2.13. The van der Waals surface area contributed by atoms with Crippen LogP contribution < -0.4 is 26.6 Å². The number of benzene rings is 4. The van der Waals surface area contributed by atoms with E-state index >= 15 is 0 Å². The lowest BCUT2D eigenvalue weighted by Crippen LogP contribution is -2.18. The largest absolute Gasteiger partial charge is 0.356 e. The molecule has 4 aromatic carbocycles. The van der Waals surface area contributed by atoms with Gasteiger partial charge in [-0.1, -0.05) is 6.07 Å². The fourth-order valence-electron chi connectivity index (χ4n) is 3.81. The Morgan fingerprint density at radius 3 is 1.39 bits per heavy atom. The van der Waals surface area contributed by atoms with Crippen molar-refractivity contribution < 1.29 is 48.0 Å². The van der Waals surface area contributed by atoms with Crippen molar-refractivity contribution in [1.29, 1.82) is 0 Å². The SMILES string of the molecule is O=C(Nc1ccc(P(=O)(O)O)cc1)c1cc(NC(=O)c2cccc([N+](=O)[O-])c2)cc(C(=O)Nc2ccc(P(=O)(O)O)cc2)c1. The van der Waals surface area contributed by atoms with E-state index in [0.717, 1.165) is 30.3 Å². The molecule has 0 aliphatic heterocycles. The number of carbonyl (C=O) groups is 3. The molecule has 0 fully saturated rings. The van der Waals surface area contributed by atoms with E-state index in [0.29, 0.717) is 0 Å². The summed E-state index contributed by atoms with van der Waals surface area (Å²) in [6.45, 7) is 0. The molecule has 0 saturated carbocycles. The summed E-state index contributed by atoms with van der Waals surface area (Å²) in [5.41, 5.74) is -0.363. The highest BCUT2D eigenvalue weighted by Crippen LogP contribution is 2.34. The van der Waals surface area contributed by atoms with Gasteiger partial charge in [-0.15, -0.1) is 0 Å². The molecule has 0 saturated heterocycles. The number of non-ortho nitro benzene ring substituents is 1. The highest BCUT2D eigenvalue weighted by molar-refractivity contribution is 7.60. The maximum atomic E-state index is 13.1. The Morgan fingerprint density at radius 1 is 0.568 bits per heavy atom. The molecule has 0 radical (unpaired) electrons. The molecule has 4 rings (SSSR count). The summed E-state index contributed by atoms with van der Waals surface area (Å²) in [6, 6.07) is 18.1. The third kappa shape index (κ3) is 8.08. The standard InChI is InChI=1S/C27H22N4O11P2/c32-25(16-2-1-3-22(15-16)31(35)36)30-21-13-17(26(33)28-19-4-8-23(9-5-19)43(37,38)39)12-18(14-21)27(34)29-20-6-10-24(11-7-20)44(40,41)42/h1-15H,(H,28,33)(H,29,34)(H,30,32)(H2,37,38,39)(H2,40,41,42). The monoisotopic (exact) mass is 640 g/mol. The smallest absolute Gasteiger partial charge is 0.322 e. The Morgan fingerprint density at radius 2 is 0.977 bits per heavy atom. The fourth-order valence-corrected chi connectivity index (χ4v) is 4.89. The molecule has 0 aliphatic rings. The van der Waals surface area contributed by atoms with Crippen LogP contribution in [0.1, 0.15) is 31.1 Å². The number of amides is 3. The van der Waals surface area contributed by atoms with E-state index in [4.69, 9.17) is 0 Å². The van der Waals surface area contributed by atoms with Crippen LogP contribution in [0, 0.1) is 10.1 Å². The summed E-state index contributed by atoms with van der Waals surface area (Å²) >= 11 is 0. The van der Waals surface area contributed by atoms with Crippen LogP contribution in [0.5, 0.6) is 0 Å². The van der Waals surface area contributed by atoms with Gasteiger partial charge in [0, 0.05) is 45.9 Å². The van der Waals surface area contributed by atoms with Crippen LogP contribution in [-0.2, 0) is 9.13 Å². The Bertz CT molecular complexity index is 1770. The third-order valence-corrected chi connectivity index (χ3v) is 7.90. The Labute approximate surface area is 248 Å². The first-order valence-corrected chi connectivity index (χ1v) is 15.5. The van der Waals surface area contributed by atoms with Gasteiger partial charge in [0.15, 0.2) is 0 Å². The number of anilines is 3. The molecule has 15 nitrogen and oxygen atoms in total. The number of hydrogen-bond acceptors (Lipinski definition) is 7. The Kier molecular flexibility index (Phi) is 9.21. The van der Waals surface area contributed by atoms with Gasteiger partial charge in [0.25, 0.3) is 23.4 Å². The second-order valence-electron chi connectivity index (χ2n) is 9.15. The van der Waals surface area contributed by atoms with Gasteiger partial charge in [-0.25, -0.2) is 0 Å². The molecule has 0 heterocycles. The molecular formula is C27H22N4O11P2. The number of rotatable bonds is 9. The molecule has 7 N–H and O–H groups in total. The van der Waals surface area contributed by atoms with E-state index in [1.807, 2.05) is 0 Å². The average Bonchev–Trinajstić information content (AvgIpc) is 2.96. The summed E-state index contributed by atoms with van der Waals surface area (Å²) in [4.78, 5) is 86.7. The zero-order valence-electron chi connectivity index (χ0n) is 22.1. The van der Waals surface area contributed by atoms with Crippen LogP contribution in [0.4, 0.5) is 22.7 Å². The van der Waals surface area contributed by atoms with E-state index in [1.54, 1.807) is 0 Å². The number of nitrogens with zero attached hydrogens (tertiary/aromatic N) is 1. The zero-order chi connectivity index (χ0) is 32.2. The lowest BCUT2D eigenvalue weighted by molar-refractivity contribution is -0.384. The van der Waals surface area contributed by atoms with Crippen LogP contribution in [0.25, 0.3) is 0 Å². The van der Waals surface area contributed by atoms with Crippen molar-refractivity contribution in [3.05, 3.63) is 118 Å². The third-order valence-electron chi connectivity index (χ3n) is 5.96. The van der Waals surface area contributed by atoms with Crippen molar-refractivity contribution in [2.75, 3.05) is 16.0 Å². The van der Waals surface area contributed by atoms with Gasteiger partial charge in [0.2, 0.25) is 0 Å². The molecule has 0 aliphatic carbocycles. The van der Waals surface area contributed by atoms with Crippen molar-refractivity contribution >= 4 is 66.3 Å². The molecule has 0 unspecified atom stereocenters. The van der Waals surface area contributed by atoms with E-state index in [-0.39, 0.29) is 50.0 Å². The second-order valence-corrected chi connectivity index (χ2v) is 12.4. The topological polar surface area (TPSA) is 246 Å². The fraction of sp³-hybridized carbons (Fsp3) is 0. The minimum absolute atomic E-state index is 0.0343. The van der Waals surface area contributed by atoms with Crippen molar-refractivity contribution in [1.82, 2.24) is 0 Å². The van der Waals surface area contributed by atoms with Gasteiger partial charge in [-0.2, -0.15) is 0 Å². The molecular weight excluding hydrogens is 618 g/mol. The van der Waals surface area contributed by atoms with Gasteiger partial charge >= 0.3 is 15.2 Å². The Hall–Kier alpha value is -5.01. The van der Waals surface area contributed by atoms with Gasteiger partial charge in [0.1, 0.15) is 0 Å². The van der Waals surface area contributed by atoms with E-state index in [2.05, 4.69) is 16.0 Å². The highest BCUT2D eigenvalue weighted by atomic mass is 31.2. The first-order valence-electron chi connectivity index (χ1n) is 12.3. The predicted molar refractivity (Wildman–Crippen MR) is 160 cm³/mol. The van der Waals surface area contributed by atoms with Crippen molar-refractivity contribution in [2.45, 2.75) is 0 Å². The lowest BCUT2D eigenvalue weighted by atomic mass is 10.1. The second kappa shape index (κ2) is 12.7. The van der Waals surface area contributed by atoms with Gasteiger partial charge < -0.3 is 35.5 Å². The number of nitro benzene ring substituents is 1. The normalized spacial score (nSPS) is 11.4. The number of nitrogens with one attached hydrogen (secondary N) is 3. The molecule has 0 aromatic heterocycles. The van der Waals surface area contributed by atoms with Crippen LogP contribution >= 0.6 is 15.2 Å². The van der Waals surface area contributed by atoms with Crippen LogP contribution in [0.3, 0.4) is 0 Å². The minimum atomic E-state index is -4.52. The number of nitro groups is 1. The average molecular weight is 640 g/mol. The first kappa shape index (κ1) is 31.9. The molecule has 0 spiro atoms. The summed E-state index contributed by atoms with van der Waals surface area (Å²) in [6.07, 6.45) is 0. The predicted octanol–water partition coefficient (Wildman–Crippen LogP) is 2.96. The minimum Gasteiger partial charge on any atom is -0.322 e. The van der Waals surface area contributed by atoms with Crippen LogP contribution in [-0.4, -0.2) is 42.2 Å². The summed E-state index contributed by atoms with van der Waals surface area (Å²) < 4.78 is 22.9. The molecule has 3 amide bonds. The number of carbonyl (C=O) groups excluding carboxylic acids is 3. The summed E-state index contributed by atoms with van der Waals surface area (Å²) in [5, 5.41) is 18.1. The summed E-state index contributed by atoms with van der Waals surface area (Å²) in [5.74, 6) is -2.31. The zero-order valence-corrected chi connectivity index (χ0v) is 23.9. The molecule has 44 heavy (non-hydrogen) atoms. The van der Waals surface area contributed by atoms with Crippen molar-refractivity contribution in [3.8, 4) is 0 Å². The first-order chi connectivity index (χ1) is 20.6. The van der Waals surface area contributed by atoms with Crippen LogP contribution in [0.2, 0.25) is 0 Å². The van der Waals surface area contributed by atoms with Crippen molar-refractivity contribution in [3.63, 3.8) is 0 Å². The summed E-state index contributed by atoms with van der Waals surface area (Å²) in [7, 11) is -9.03. The quantitative estimate of drug-likeness (QED) is 0.0796. The molecule has 226 valence electrons. The molecule has 0 bridgehead atoms. The number of hydrogen-bond donors (Lipinski definition) is 7. The maximum Gasteiger partial charge on any atom is 0.356 e. The van der Waals surface area contributed by atoms with Crippen LogP contribution in [0.15, 0.2) is 91.0 Å². The van der Waals surface area contributed by atoms with Gasteiger partial charge in [0.05, 0.1) is 15.5 Å². The highest BCUT2D eigenvalue weighted by Gasteiger charge is 2.20. The molecule has 0 atom stereocenters. The van der Waals surface area contributed by atoms with E-state index < -0.39 is 37.8 Å². The Balaban J connectivity index is 1.64. The van der Waals surface area contributed by atoms with E-state index in [1.165, 1.54) is 60.7 Å². The van der Waals surface area contributed by atoms with Crippen molar-refractivity contribution in [2.24, 2.45) is 0 Å².